The highest BCUT2D eigenvalue weighted by Crippen LogP contribution is 2.40. The zero-order valence-corrected chi connectivity index (χ0v) is 12.7. The molecule has 112 valence electrons. The van der Waals surface area contributed by atoms with Gasteiger partial charge in [0.1, 0.15) is 11.9 Å². The zero-order chi connectivity index (χ0) is 14.6. The van der Waals surface area contributed by atoms with Crippen LogP contribution >= 0.6 is 0 Å². The van der Waals surface area contributed by atoms with Crippen LogP contribution in [0, 0.1) is 12.3 Å². The number of carbonyl (C=O) groups is 1. The topological polar surface area (TPSA) is 56.1 Å². The molecule has 1 N–H and O–H groups in total. The highest BCUT2D eigenvalue weighted by Gasteiger charge is 2.37. The van der Waals surface area contributed by atoms with E-state index in [0.29, 0.717) is 6.54 Å². The average molecular weight is 279 g/mol. The summed E-state index contributed by atoms with van der Waals surface area (Å²) in [4.78, 5) is 16.4. The van der Waals surface area contributed by atoms with Gasteiger partial charge in [-0.05, 0) is 33.6 Å². The Balaban J connectivity index is 1.87. The fourth-order valence-electron chi connectivity index (χ4n) is 2.71. The molecule has 1 atom stereocenters. The Morgan fingerprint density at radius 2 is 2.35 bits per heavy atom. The van der Waals surface area contributed by atoms with Crippen molar-refractivity contribution in [1.82, 2.24) is 14.9 Å². The van der Waals surface area contributed by atoms with Gasteiger partial charge >= 0.3 is 0 Å². The first-order chi connectivity index (χ1) is 9.58. The molecule has 20 heavy (non-hydrogen) atoms. The van der Waals surface area contributed by atoms with Gasteiger partial charge in [0.25, 0.3) is 0 Å². The second-order valence-corrected chi connectivity index (χ2v) is 5.77. The summed E-state index contributed by atoms with van der Waals surface area (Å²) < 4.78 is 7.45. The summed E-state index contributed by atoms with van der Waals surface area (Å²) >= 11 is 0. The van der Waals surface area contributed by atoms with Crippen molar-refractivity contribution in [2.45, 2.75) is 46.1 Å². The van der Waals surface area contributed by atoms with Gasteiger partial charge in [-0.3, -0.25) is 4.79 Å². The molecule has 1 aliphatic rings. The fraction of sp³-hybridized carbons (Fsp3) is 0.733. The summed E-state index contributed by atoms with van der Waals surface area (Å²) in [5, 5.41) is 3.08. The lowest BCUT2D eigenvalue weighted by atomic mass is 9.69. The number of ether oxygens (including phenoxy) is 1. The summed E-state index contributed by atoms with van der Waals surface area (Å²) in [5.41, 5.74) is 0.162. The number of rotatable bonds is 7. The summed E-state index contributed by atoms with van der Waals surface area (Å²) in [6.45, 7) is 8.02. The molecule has 0 spiro atoms. The van der Waals surface area contributed by atoms with Crippen molar-refractivity contribution in [1.29, 1.82) is 0 Å². The molecule has 1 amide bonds. The highest BCUT2D eigenvalue weighted by atomic mass is 16.5. The Kier molecular flexibility index (Phi) is 4.81. The Morgan fingerprint density at radius 1 is 1.60 bits per heavy atom. The van der Waals surface area contributed by atoms with Crippen LogP contribution in [0.4, 0.5) is 0 Å². The molecule has 0 aromatic carbocycles. The minimum atomic E-state index is -0.221. The predicted molar refractivity (Wildman–Crippen MR) is 77.5 cm³/mol. The van der Waals surface area contributed by atoms with Crippen molar-refractivity contribution in [3.8, 4) is 0 Å². The van der Waals surface area contributed by atoms with E-state index in [1.54, 1.807) is 6.20 Å². The third-order valence-corrected chi connectivity index (χ3v) is 4.32. The van der Waals surface area contributed by atoms with Gasteiger partial charge in [0.05, 0.1) is 6.61 Å². The monoisotopic (exact) mass is 279 g/mol. The van der Waals surface area contributed by atoms with Crippen LogP contribution in [-0.2, 0) is 9.53 Å². The molecule has 1 saturated carbocycles. The lowest BCUT2D eigenvalue weighted by molar-refractivity contribution is -0.125. The molecule has 0 bridgehead atoms. The van der Waals surface area contributed by atoms with Gasteiger partial charge in [0.2, 0.25) is 5.91 Å². The van der Waals surface area contributed by atoms with Gasteiger partial charge < -0.3 is 14.6 Å². The van der Waals surface area contributed by atoms with E-state index in [9.17, 15) is 4.79 Å². The third kappa shape index (κ3) is 3.20. The number of amides is 1. The van der Waals surface area contributed by atoms with E-state index in [4.69, 9.17) is 4.74 Å². The van der Waals surface area contributed by atoms with Gasteiger partial charge in [-0.25, -0.2) is 4.98 Å². The van der Waals surface area contributed by atoms with E-state index in [0.717, 1.165) is 31.9 Å². The number of aromatic nitrogens is 2. The number of hydrogen-bond acceptors (Lipinski definition) is 3. The minimum Gasteiger partial charge on any atom is -0.381 e. The Morgan fingerprint density at radius 3 is 2.85 bits per heavy atom. The van der Waals surface area contributed by atoms with Gasteiger partial charge in [-0.2, -0.15) is 0 Å². The normalized spacial score (nSPS) is 18.4. The number of aryl methyl sites for hydroxylation is 1. The maximum atomic E-state index is 12.3. The molecule has 1 aromatic heterocycles. The molecule has 1 aromatic rings. The molecule has 1 fully saturated rings. The quantitative estimate of drug-likeness (QED) is 0.831. The van der Waals surface area contributed by atoms with Crippen LogP contribution in [0.5, 0.6) is 0 Å². The lowest BCUT2D eigenvalue weighted by Gasteiger charge is -2.41. The third-order valence-electron chi connectivity index (χ3n) is 4.32. The Labute approximate surface area is 120 Å². The van der Waals surface area contributed by atoms with E-state index in [-0.39, 0.29) is 17.4 Å². The van der Waals surface area contributed by atoms with Crippen LogP contribution in [0.2, 0.25) is 0 Å². The van der Waals surface area contributed by atoms with Crippen molar-refractivity contribution < 1.29 is 9.53 Å². The second-order valence-electron chi connectivity index (χ2n) is 5.77. The predicted octanol–water partition coefficient (Wildman–Crippen LogP) is 2.08. The van der Waals surface area contributed by atoms with E-state index >= 15 is 0 Å². The summed E-state index contributed by atoms with van der Waals surface area (Å²) in [6.07, 6.45) is 7.09. The van der Waals surface area contributed by atoms with Gasteiger partial charge in [0.15, 0.2) is 0 Å². The van der Waals surface area contributed by atoms with E-state index in [1.807, 2.05) is 31.5 Å². The molecule has 5 nitrogen and oxygen atoms in total. The molecule has 1 aliphatic carbocycles. The maximum Gasteiger partial charge on any atom is 0.242 e. The summed E-state index contributed by atoms with van der Waals surface area (Å²) in [6, 6.07) is -0.221. The summed E-state index contributed by atoms with van der Waals surface area (Å²) in [7, 11) is 0. The molecule has 0 saturated heterocycles. The van der Waals surface area contributed by atoms with E-state index in [2.05, 4.69) is 10.3 Å². The molecule has 1 heterocycles. The maximum absolute atomic E-state index is 12.3. The zero-order valence-electron chi connectivity index (χ0n) is 12.7. The van der Waals surface area contributed by atoms with Crippen molar-refractivity contribution in [2.24, 2.45) is 5.41 Å². The van der Waals surface area contributed by atoms with Crippen LogP contribution in [0.15, 0.2) is 12.4 Å². The smallest absolute Gasteiger partial charge is 0.242 e. The first-order valence-corrected chi connectivity index (χ1v) is 7.43. The van der Waals surface area contributed by atoms with Gasteiger partial charge in [-0.15, -0.1) is 0 Å². The number of nitrogens with one attached hydrogen (secondary N) is 1. The Bertz CT molecular complexity index is 452. The van der Waals surface area contributed by atoms with Crippen molar-refractivity contribution in [3.63, 3.8) is 0 Å². The van der Waals surface area contributed by atoms with Gasteiger partial charge in [0, 0.05) is 31.0 Å². The van der Waals surface area contributed by atoms with Crippen LogP contribution in [0.1, 0.15) is 45.0 Å². The fourth-order valence-corrected chi connectivity index (χ4v) is 2.71. The molecule has 0 aliphatic heterocycles. The minimum absolute atomic E-state index is 0.0499. The van der Waals surface area contributed by atoms with Crippen molar-refractivity contribution in [3.05, 3.63) is 18.2 Å². The number of hydrogen-bond donors (Lipinski definition) is 1. The van der Waals surface area contributed by atoms with E-state index in [1.165, 1.54) is 6.42 Å². The molecular weight excluding hydrogens is 254 g/mol. The van der Waals surface area contributed by atoms with E-state index < -0.39 is 0 Å². The SMILES string of the molecule is CCOCC1(CNC(=O)[C@@H](C)n2ccnc2C)CCC1. The number of nitrogens with zero attached hydrogens (tertiary/aromatic N) is 2. The molecule has 0 radical (unpaired) electrons. The standard InChI is InChI=1S/C15H25N3O2/c1-4-20-11-15(6-5-7-15)10-17-14(19)12(2)18-9-8-16-13(18)3/h8-9,12H,4-7,10-11H2,1-3H3,(H,17,19)/t12-/m1/s1. The molecule has 0 unspecified atom stereocenters. The number of imidazole rings is 1. The summed E-state index contributed by atoms with van der Waals surface area (Å²) in [5.74, 6) is 0.911. The lowest BCUT2D eigenvalue weighted by Crippen LogP contribution is -2.46. The van der Waals surface area contributed by atoms with Crippen molar-refractivity contribution >= 4 is 5.91 Å². The first-order valence-electron chi connectivity index (χ1n) is 7.43. The Hall–Kier alpha value is -1.36. The molecule has 5 heteroatoms. The van der Waals surface area contributed by atoms with Crippen LogP contribution in [0.25, 0.3) is 0 Å². The molecular formula is C15H25N3O2. The second kappa shape index (κ2) is 6.39. The van der Waals surface area contributed by atoms with Crippen LogP contribution < -0.4 is 5.32 Å². The largest absolute Gasteiger partial charge is 0.381 e. The van der Waals surface area contributed by atoms with Crippen molar-refractivity contribution in [2.75, 3.05) is 19.8 Å². The van der Waals surface area contributed by atoms with Crippen LogP contribution in [0.3, 0.4) is 0 Å². The first kappa shape index (κ1) is 15.0. The average Bonchev–Trinajstić information content (AvgIpc) is 2.82. The number of carbonyl (C=O) groups excluding carboxylic acids is 1. The molecule has 2 rings (SSSR count). The van der Waals surface area contributed by atoms with Gasteiger partial charge in [-0.1, -0.05) is 6.42 Å². The van der Waals surface area contributed by atoms with Crippen LogP contribution in [-0.4, -0.2) is 35.2 Å². The highest BCUT2D eigenvalue weighted by molar-refractivity contribution is 5.80.